The van der Waals surface area contributed by atoms with Crippen molar-refractivity contribution in [2.45, 2.75) is 146 Å². The molecule has 1 aromatic carbocycles. The van der Waals surface area contributed by atoms with Crippen LogP contribution in [0.4, 0.5) is 13.6 Å². The van der Waals surface area contributed by atoms with E-state index in [4.69, 9.17) is 14.2 Å². The van der Waals surface area contributed by atoms with Crippen molar-refractivity contribution in [3.63, 3.8) is 0 Å². The zero-order valence-corrected chi connectivity index (χ0v) is 39.4. The molecule has 4 amide bonds. The Morgan fingerprint density at radius 1 is 1.05 bits per heavy atom. The van der Waals surface area contributed by atoms with E-state index in [1.54, 1.807) is 63.2 Å². The van der Waals surface area contributed by atoms with Crippen molar-refractivity contribution in [3.8, 4) is 28.8 Å². The van der Waals surface area contributed by atoms with Gasteiger partial charge in [0, 0.05) is 23.8 Å². The van der Waals surface area contributed by atoms with E-state index in [9.17, 15) is 27.9 Å². The number of aromatic nitrogens is 2. The third kappa shape index (κ3) is 9.36. The zero-order valence-electron chi connectivity index (χ0n) is 38.5. The number of sulfonamides is 1. The molecule has 3 N–H and O–H groups in total. The summed E-state index contributed by atoms with van der Waals surface area (Å²) in [7, 11) is -2.62. The summed E-state index contributed by atoms with van der Waals surface area (Å²) in [5, 5.41) is 13.3. The second kappa shape index (κ2) is 18.2. The van der Waals surface area contributed by atoms with Gasteiger partial charge in [-0.15, -0.1) is 0 Å². The number of ether oxygens (including phenoxy) is 3. The number of fused-ring (bicyclic) bond motifs is 3. The average molecular weight is 939 g/mol. The lowest BCUT2D eigenvalue weighted by Crippen LogP contribution is -2.64. The van der Waals surface area contributed by atoms with Crippen LogP contribution in [0.1, 0.15) is 99.8 Å². The Balaban J connectivity index is 1.36. The summed E-state index contributed by atoms with van der Waals surface area (Å²) >= 11 is 0. The number of halogens is 2. The Morgan fingerprint density at radius 2 is 1.76 bits per heavy atom. The molecule has 0 radical (unpaired) electrons. The third-order valence-electron chi connectivity index (χ3n) is 13.4. The lowest BCUT2D eigenvalue weighted by molar-refractivity contribution is -0.219. The highest BCUT2D eigenvalue weighted by atomic mass is 32.2. The van der Waals surface area contributed by atoms with Crippen LogP contribution in [0.3, 0.4) is 0 Å². The maximum Gasteiger partial charge on any atom is 0.408 e. The summed E-state index contributed by atoms with van der Waals surface area (Å²) in [5.74, 6) is -4.48. The molecule has 19 heteroatoms. The van der Waals surface area contributed by atoms with E-state index in [0.29, 0.717) is 48.3 Å². The predicted molar refractivity (Wildman–Crippen MR) is 240 cm³/mol. The van der Waals surface area contributed by atoms with Crippen LogP contribution in [0.2, 0.25) is 0 Å². The van der Waals surface area contributed by atoms with Crippen molar-refractivity contribution < 1.29 is 55.7 Å². The van der Waals surface area contributed by atoms with Gasteiger partial charge in [0.1, 0.15) is 29.1 Å². The Labute approximate surface area is 383 Å². The lowest BCUT2D eigenvalue weighted by Gasteiger charge is -2.42. The molecule has 0 bridgehead atoms. The topological polar surface area (TPSA) is 207 Å². The SMILES string of the molecule is CCC(C)N(C(=O)O)[C@@H]1C(=O)N2[C@@H](C[C@@](C)(Oc3nc(-c4ccc(OC(C)C)cn4)cc4cc(OC)ccc34)C2(F)F)C(=O)N[C@]2(C(=O)NS(=O)(=O)C3CC3)C[C@H]2/C=C\CC[C@H](C)C[C@H]1C. The summed E-state index contributed by atoms with van der Waals surface area (Å²) in [6.45, 7) is 11.6. The molecule has 0 spiro atoms. The van der Waals surface area contributed by atoms with Gasteiger partial charge in [-0.2, -0.15) is 8.78 Å². The van der Waals surface area contributed by atoms with Gasteiger partial charge in [0.15, 0.2) is 5.60 Å². The van der Waals surface area contributed by atoms with Crippen LogP contribution in [0, 0.1) is 17.8 Å². The number of pyridine rings is 2. The number of alkyl halides is 2. The molecule has 2 aliphatic heterocycles. The zero-order chi connectivity index (χ0) is 48.1. The molecular formula is C47H60F2N6O10S. The van der Waals surface area contributed by atoms with Crippen molar-refractivity contribution in [1.29, 1.82) is 0 Å². The molecule has 4 aliphatic rings. The van der Waals surface area contributed by atoms with Crippen LogP contribution in [-0.2, 0) is 24.4 Å². The smallest absolute Gasteiger partial charge is 0.408 e. The van der Waals surface area contributed by atoms with Crippen LogP contribution in [0.5, 0.6) is 17.4 Å². The highest BCUT2D eigenvalue weighted by Crippen LogP contribution is 2.51. The summed E-state index contributed by atoms with van der Waals surface area (Å²) < 4.78 is 81.9. The van der Waals surface area contributed by atoms with E-state index in [2.05, 4.69) is 20.0 Å². The predicted octanol–water partition coefficient (Wildman–Crippen LogP) is 7.07. The molecular weight excluding hydrogens is 879 g/mol. The number of hydrogen-bond donors (Lipinski definition) is 3. The number of nitrogens with one attached hydrogen (secondary N) is 2. The molecule has 2 saturated carbocycles. The Bertz CT molecular complexity index is 2510. The largest absolute Gasteiger partial charge is 0.497 e. The van der Waals surface area contributed by atoms with Gasteiger partial charge < -0.3 is 24.6 Å². The molecule has 8 atom stereocenters. The first-order valence-corrected chi connectivity index (χ1v) is 24.2. The van der Waals surface area contributed by atoms with Crippen molar-refractivity contribution in [3.05, 3.63) is 54.7 Å². The van der Waals surface area contributed by atoms with Crippen molar-refractivity contribution >= 4 is 44.6 Å². The molecule has 1 unspecified atom stereocenters. The summed E-state index contributed by atoms with van der Waals surface area (Å²) in [6, 6.07) is 0.985. The molecule has 358 valence electrons. The standard InChI is InChI=1S/C47H60F2N6O10S/c1-9-29(6)54(44(59)60)39-28(5)20-27(4)12-10-11-13-31-23-46(31,43(58)53-66(61,62)34-16-17-34)52-40(56)38-24-45(7,47(48,49)55(38)42(39)57)65-41-35-18-14-32(63-8)21-30(35)22-37(51-41)36-19-15-33(25-50-36)64-26(2)3/h11,13-15,18-19,21-22,25-29,31,34,38-39H,9-10,12,16-17,20,23-24H2,1-8H3,(H,52,56)(H,53,58)(H,59,60)/b13-11-/t27-,28+,29?,31+,38-,39-,45+,46+/m0/s1. The number of nitrogens with zero attached hydrogens (tertiary/aromatic N) is 4. The molecule has 4 heterocycles. The normalized spacial score (nSPS) is 28.8. The van der Waals surface area contributed by atoms with Gasteiger partial charge >= 0.3 is 12.1 Å². The van der Waals surface area contributed by atoms with Gasteiger partial charge in [-0.25, -0.2) is 18.2 Å². The minimum atomic E-state index is -4.35. The van der Waals surface area contributed by atoms with E-state index in [-0.39, 0.29) is 53.1 Å². The van der Waals surface area contributed by atoms with Crippen LogP contribution >= 0.6 is 0 Å². The van der Waals surface area contributed by atoms with Gasteiger partial charge in [0.25, 0.3) is 11.8 Å². The molecule has 7 rings (SSSR count). The fourth-order valence-corrected chi connectivity index (χ4v) is 10.7. The van der Waals surface area contributed by atoms with Crippen molar-refractivity contribution in [2.75, 3.05) is 7.11 Å². The number of allylic oxidation sites excluding steroid dienone is 1. The van der Waals surface area contributed by atoms with Gasteiger partial charge in [-0.05, 0) is 126 Å². The minimum Gasteiger partial charge on any atom is -0.497 e. The molecule has 66 heavy (non-hydrogen) atoms. The maximum absolute atomic E-state index is 18.1. The Kier molecular flexibility index (Phi) is 13.4. The molecule has 3 fully saturated rings. The number of carbonyl (C=O) groups excluding carboxylic acids is 3. The third-order valence-corrected chi connectivity index (χ3v) is 15.2. The highest BCUT2D eigenvalue weighted by Gasteiger charge is 2.71. The number of methoxy groups -OCH3 is 1. The first-order valence-electron chi connectivity index (χ1n) is 22.6. The second-order valence-corrected chi connectivity index (χ2v) is 20.9. The maximum atomic E-state index is 18.1. The van der Waals surface area contributed by atoms with E-state index in [0.717, 1.165) is 11.8 Å². The van der Waals surface area contributed by atoms with Gasteiger partial charge in [0.05, 0.1) is 36.0 Å². The number of hydrogen-bond acceptors (Lipinski definition) is 11. The fraction of sp³-hybridized carbons (Fsp3) is 0.574. The second-order valence-electron chi connectivity index (χ2n) is 18.9. The monoisotopic (exact) mass is 938 g/mol. The molecule has 16 nitrogen and oxygen atoms in total. The quantitative estimate of drug-likeness (QED) is 0.123. The number of carboxylic acid groups (broad SMARTS) is 1. The summed E-state index contributed by atoms with van der Waals surface area (Å²) in [4.78, 5) is 67.6. The summed E-state index contributed by atoms with van der Waals surface area (Å²) in [5.41, 5.74) is -4.01. The Morgan fingerprint density at radius 3 is 2.38 bits per heavy atom. The van der Waals surface area contributed by atoms with E-state index >= 15 is 13.6 Å². The van der Waals surface area contributed by atoms with Crippen LogP contribution < -0.4 is 24.2 Å². The lowest BCUT2D eigenvalue weighted by atomic mass is 9.86. The van der Waals surface area contributed by atoms with E-state index in [1.165, 1.54) is 13.3 Å². The molecule has 2 aliphatic carbocycles. The summed E-state index contributed by atoms with van der Waals surface area (Å²) in [6.07, 6.45) is 4.85. The Hall–Kier alpha value is -5.59. The van der Waals surface area contributed by atoms with Gasteiger partial charge in [-0.1, -0.05) is 32.9 Å². The van der Waals surface area contributed by atoms with Crippen LogP contribution in [0.25, 0.3) is 22.2 Å². The molecule has 2 aromatic heterocycles. The number of carbonyl (C=O) groups is 4. The highest BCUT2D eigenvalue weighted by molar-refractivity contribution is 7.91. The fourth-order valence-electron chi connectivity index (χ4n) is 9.31. The van der Waals surface area contributed by atoms with E-state index in [1.807, 2.05) is 26.8 Å². The molecule has 3 aromatic rings. The number of benzene rings is 1. The van der Waals surface area contributed by atoms with Gasteiger partial charge in [-0.3, -0.25) is 33.9 Å². The van der Waals surface area contributed by atoms with Gasteiger partial charge in [0.2, 0.25) is 21.8 Å². The van der Waals surface area contributed by atoms with Crippen LogP contribution in [-0.4, -0.2) is 111 Å². The van der Waals surface area contributed by atoms with Crippen molar-refractivity contribution in [1.82, 2.24) is 29.8 Å². The first kappa shape index (κ1) is 48.3. The van der Waals surface area contributed by atoms with E-state index < -0.39 is 92.7 Å². The first-order chi connectivity index (χ1) is 31.0. The van der Waals surface area contributed by atoms with Crippen molar-refractivity contribution in [2.24, 2.45) is 17.8 Å². The minimum absolute atomic E-state index is 0.0348. The number of rotatable bonds is 12. The van der Waals surface area contributed by atoms with Crippen LogP contribution in [0.15, 0.2) is 54.7 Å². The molecule has 1 saturated heterocycles. The number of amides is 4. The average Bonchev–Trinajstić information content (AvgIpc) is 4.19.